The number of carbonyl (C=O) groups is 1. The van der Waals surface area contributed by atoms with Crippen molar-refractivity contribution in [2.75, 3.05) is 6.61 Å². The van der Waals surface area contributed by atoms with Crippen LogP contribution >= 0.6 is 0 Å². The lowest BCUT2D eigenvalue weighted by Gasteiger charge is -2.29. The largest absolute Gasteiger partial charge is 0.466 e. The van der Waals surface area contributed by atoms with Crippen molar-refractivity contribution in [2.45, 2.75) is 40.3 Å². The van der Waals surface area contributed by atoms with Gasteiger partial charge in [-0.15, -0.1) is 0 Å². The highest BCUT2D eigenvalue weighted by molar-refractivity contribution is 5.73. The number of carbonyl (C=O) groups excluding carboxylic acids is 1. The molecule has 5 heteroatoms. The van der Waals surface area contributed by atoms with Crippen LogP contribution in [0.3, 0.4) is 0 Å². The van der Waals surface area contributed by atoms with E-state index in [4.69, 9.17) is 0 Å². The maximum atomic E-state index is 12.2. The highest BCUT2D eigenvalue weighted by Gasteiger charge is 2.42. The third-order valence-corrected chi connectivity index (χ3v) is 2.05. The van der Waals surface area contributed by atoms with Crippen molar-refractivity contribution in [1.29, 1.82) is 0 Å². The first-order chi connectivity index (χ1) is 6.58. The van der Waals surface area contributed by atoms with E-state index in [1.165, 1.54) is 0 Å². The van der Waals surface area contributed by atoms with E-state index >= 15 is 0 Å². The molecule has 0 aromatic carbocycles. The maximum absolute atomic E-state index is 12.2. The molecule has 0 spiro atoms. The average molecular weight is 226 g/mol. The van der Waals surface area contributed by atoms with Crippen molar-refractivity contribution in [3.63, 3.8) is 0 Å². The predicted octanol–water partition coefficient (Wildman–Crippen LogP) is 3.16. The second-order valence-electron chi connectivity index (χ2n) is 4.49. The van der Waals surface area contributed by atoms with Gasteiger partial charge < -0.3 is 4.74 Å². The Bertz CT molecular complexity index is 216. The zero-order chi connectivity index (χ0) is 12.3. The van der Waals surface area contributed by atoms with Gasteiger partial charge >= 0.3 is 12.1 Å². The van der Waals surface area contributed by atoms with Crippen LogP contribution in [0.15, 0.2) is 0 Å². The smallest absolute Gasteiger partial charge is 0.389 e. The van der Waals surface area contributed by atoms with Crippen LogP contribution in [0.1, 0.15) is 34.1 Å². The predicted molar refractivity (Wildman–Crippen MR) is 50.3 cm³/mol. The Morgan fingerprint density at radius 3 is 2.00 bits per heavy atom. The van der Waals surface area contributed by atoms with Crippen LogP contribution in [-0.4, -0.2) is 18.8 Å². The molecule has 0 fully saturated rings. The number of hydrogen-bond acceptors (Lipinski definition) is 2. The molecule has 2 nitrogen and oxygen atoms in total. The van der Waals surface area contributed by atoms with Crippen LogP contribution in [0.5, 0.6) is 0 Å². The van der Waals surface area contributed by atoms with E-state index in [0.29, 0.717) is 0 Å². The summed E-state index contributed by atoms with van der Waals surface area (Å²) in [4.78, 5) is 11.3. The first kappa shape index (κ1) is 14.3. The fourth-order valence-electron chi connectivity index (χ4n) is 1.22. The Morgan fingerprint density at radius 1 is 1.27 bits per heavy atom. The molecule has 0 aromatic rings. The lowest BCUT2D eigenvalue weighted by molar-refractivity contribution is -0.175. The highest BCUT2D eigenvalue weighted by atomic mass is 19.4. The molecule has 0 aliphatic rings. The summed E-state index contributed by atoms with van der Waals surface area (Å²) in [6.45, 7) is 6.47. The number of rotatable bonds is 3. The highest BCUT2D eigenvalue weighted by Crippen LogP contribution is 2.36. The van der Waals surface area contributed by atoms with E-state index < -0.39 is 29.9 Å². The molecule has 1 atom stereocenters. The van der Waals surface area contributed by atoms with Crippen molar-refractivity contribution in [3.8, 4) is 0 Å². The van der Waals surface area contributed by atoms with Crippen LogP contribution in [0.4, 0.5) is 13.2 Å². The Balaban J connectivity index is 4.68. The number of esters is 1. The fraction of sp³-hybridized carbons (Fsp3) is 0.900. The Hall–Kier alpha value is -0.740. The molecule has 0 saturated carbocycles. The van der Waals surface area contributed by atoms with E-state index in [9.17, 15) is 18.0 Å². The number of hydrogen-bond donors (Lipinski definition) is 0. The summed E-state index contributed by atoms with van der Waals surface area (Å²) in [6.07, 6.45) is -5.47. The van der Waals surface area contributed by atoms with E-state index in [-0.39, 0.29) is 6.61 Å². The van der Waals surface area contributed by atoms with Crippen LogP contribution in [0.2, 0.25) is 0 Å². The summed E-state index contributed by atoms with van der Waals surface area (Å²) in [5.41, 5.74) is -0.748. The van der Waals surface area contributed by atoms with Crippen molar-refractivity contribution in [1.82, 2.24) is 0 Å². The summed E-state index contributed by atoms with van der Waals surface area (Å²) >= 11 is 0. The van der Waals surface area contributed by atoms with Gasteiger partial charge in [-0.3, -0.25) is 4.79 Å². The fourth-order valence-corrected chi connectivity index (χ4v) is 1.22. The topological polar surface area (TPSA) is 26.3 Å². The minimum Gasteiger partial charge on any atom is -0.466 e. The second-order valence-corrected chi connectivity index (χ2v) is 4.49. The molecule has 1 unspecified atom stereocenters. The Kier molecular flexibility index (Phi) is 4.62. The molecule has 0 bridgehead atoms. The van der Waals surface area contributed by atoms with Gasteiger partial charge in [0.15, 0.2) is 0 Å². The van der Waals surface area contributed by atoms with Crippen LogP contribution in [0.25, 0.3) is 0 Å². The number of alkyl halides is 3. The summed E-state index contributed by atoms with van der Waals surface area (Å²) in [5.74, 6) is -1.92. The molecule has 0 saturated heterocycles. The summed E-state index contributed by atoms with van der Waals surface area (Å²) in [7, 11) is 0. The molecule has 90 valence electrons. The normalized spacial score (nSPS) is 14.9. The van der Waals surface area contributed by atoms with Crippen LogP contribution in [-0.2, 0) is 9.53 Å². The molecule has 0 amide bonds. The minimum absolute atomic E-state index is 0.100. The SMILES string of the molecule is CCOC(=O)C(CC(F)(F)F)C(C)(C)C. The van der Waals surface area contributed by atoms with E-state index in [0.717, 1.165) is 0 Å². The summed E-state index contributed by atoms with van der Waals surface area (Å²) in [6, 6.07) is 0. The lowest BCUT2D eigenvalue weighted by Crippen LogP contribution is -2.34. The third-order valence-electron chi connectivity index (χ3n) is 2.05. The average Bonchev–Trinajstić information content (AvgIpc) is 1.97. The zero-order valence-corrected chi connectivity index (χ0v) is 9.44. The Labute approximate surface area is 87.8 Å². The van der Waals surface area contributed by atoms with Crippen molar-refractivity contribution in [3.05, 3.63) is 0 Å². The molecule has 0 N–H and O–H groups in total. The van der Waals surface area contributed by atoms with E-state index in [1.807, 2.05) is 0 Å². The van der Waals surface area contributed by atoms with Crippen molar-refractivity contribution in [2.24, 2.45) is 11.3 Å². The van der Waals surface area contributed by atoms with Gasteiger partial charge in [-0.2, -0.15) is 13.2 Å². The molecule has 0 aliphatic carbocycles. The summed E-state index contributed by atoms with van der Waals surface area (Å²) in [5, 5.41) is 0. The van der Waals surface area contributed by atoms with Gasteiger partial charge in [0, 0.05) is 0 Å². The molecule has 0 heterocycles. The van der Waals surface area contributed by atoms with Gasteiger partial charge in [0.1, 0.15) is 0 Å². The monoisotopic (exact) mass is 226 g/mol. The van der Waals surface area contributed by atoms with Gasteiger partial charge in [0.25, 0.3) is 0 Å². The summed E-state index contributed by atoms with van der Waals surface area (Å²) < 4.78 is 41.3. The Morgan fingerprint density at radius 2 is 1.73 bits per heavy atom. The van der Waals surface area contributed by atoms with Gasteiger partial charge in [-0.05, 0) is 12.3 Å². The van der Waals surface area contributed by atoms with Gasteiger partial charge in [-0.25, -0.2) is 0 Å². The second kappa shape index (κ2) is 4.86. The molecule has 0 aliphatic heterocycles. The molecule has 0 aromatic heterocycles. The first-order valence-corrected chi connectivity index (χ1v) is 4.81. The first-order valence-electron chi connectivity index (χ1n) is 4.81. The molecular weight excluding hydrogens is 209 g/mol. The minimum atomic E-state index is -4.34. The zero-order valence-electron chi connectivity index (χ0n) is 9.44. The third kappa shape index (κ3) is 5.64. The lowest BCUT2D eigenvalue weighted by atomic mass is 9.78. The molecular formula is C10H17F3O2. The van der Waals surface area contributed by atoms with Gasteiger partial charge in [0.2, 0.25) is 0 Å². The molecule has 15 heavy (non-hydrogen) atoms. The van der Waals surface area contributed by atoms with E-state index in [2.05, 4.69) is 4.74 Å². The molecule has 0 radical (unpaired) electrons. The molecule has 0 rings (SSSR count). The number of ether oxygens (including phenoxy) is 1. The van der Waals surface area contributed by atoms with E-state index in [1.54, 1.807) is 27.7 Å². The van der Waals surface area contributed by atoms with Gasteiger partial charge in [0.05, 0.1) is 18.9 Å². The number of halogens is 3. The quantitative estimate of drug-likeness (QED) is 0.691. The standard InChI is InChI=1S/C10H17F3O2/c1-5-15-8(14)7(9(2,3)4)6-10(11,12)13/h7H,5-6H2,1-4H3. The maximum Gasteiger partial charge on any atom is 0.389 e. The van der Waals surface area contributed by atoms with Crippen LogP contribution < -0.4 is 0 Å². The van der Waals surface area contributed by atoms with Crippen molar-refractivity contribution < 1.29 is 22.7 Å². The van der Waals surface area contributed by atoms with Crippen LogP contribution in [0, 0.1) is 11.3 Å². The van der Waals surface area contributed by atoms with Crippen molar-refractivity contribution >= 4 is 5.97 Å². The van der Waals surface area contributed by atoms with Gasteiger partial charge in [-0.1, -0.05) is 20.8 Å².